The van der Waals surface area contributed by atoms with Crippen LogP contribution in [-0.2, 0) is 11.2 Å². The molecule has 0 unspecified atom stereocenters. The number of amides is 1. The van der Waals surface area contributed by atoms with Gasteiger partial charge in [0.2, 0.25) is 5.91 Å². The number of likely N-dealkylation sites (N-methyl/N-ethyl adjacent to an activating group) is 1. The number of likely N-dealkylation sites (tertiary alicyclic amines) is 1. The maximum atomic E-state index is 14.1. The minimum Gasteiger partial charge on any atom is -0.336 e. The van der Waals surface area contributed by atoms with Gasteiger partial charge in [-0.05, 0) is 54.6 Å². The smallest absolute Gasteiger partial charge is 0.234 e. The first-order chi connectivity index (χ1) is 15.2. The molecule has 3 nitrogen and oxygen atoms in total. The van der Waals surface area contributed by atoms with Crippen LogP contribution in [-0.4, -0.2) is 41.9 Å². The van der Waals surface area contributed by atoms with E-state index in [1.54, 1.807) is 0 Å². The summed E-state index contributed by atoms with van der Waals surface area (Å²) in [5.41, 5.74) is 4.80. The summed E-state index contributed by atoms with van der Waals surface area (Å²) < 4.78 is 0. The van der Waals surface area contributed by atoms with E-state index in [1.165, 1.54) is 24.0 Å². The fourth-order valence-corrected chi connectivity index (χ4v) is 5.53. The molecule has 0 bridgehead atoms. The average Bonchev–Trinajstić information content (AvgIpc) is 3.48. The summed E-state index contributed by atoms with van der Waals surface area (Å²) in [6, 6.07) is 29.6. The lowest BCUT2D eigenvalue weighted by molar-refractivity contribution is -0.134. The summed E-state index contributed by atoms with van der Waals surface area (Å²) in [7, 11) is 2.01. The van der Waals surface area contributed by atoms with Crippen molar-refractivity contribution in [3.05, 3.63) is 107 Å². The lowest BCUT2D eigenvalue weighted by Crippen LogP contribution is -2.45. The van der Waals surface area contributed by atoms with Crippen LogP contribution in [0.1, 0.15) is 47.1 Å². The molecule has 1 saturated heterocycles. The Kier molecular flexibility index (Phi) is 5.61. The predicted octanol–water partition coefficient (Wildman–Crippen LogP) is 5.04. The van der Waals surface area contributed by atoms with Crippen LogP contribution in [0.5, 0.6) is 0 Å². The second kappa shape index (κ2) is 8.68. The van der Waals surface area contributed by atoms with E-state index in [2.05, 4.69) is 53.4 Å². The molecule has 2 aliphatic rings. The number of benzene rings is 3. The van der Waals surface area contributed by atoms with E-state index < -0.39 is 0 Å². The average molecular weight is 411 g/mol. The molecule has 3 aromatic rings. The Labute approximate surface area is 185 Å². The normalized spacial score (nSPS) is 20.7. The molecular weight excluding hydrogens is 380 g/mol. The highest BCUT2D eigenvalue weighted by Gasteiger charge is 2.42. The molecule has 5 rings (SSSR count). The minimum absolute atomic E-state index is 0.0942. The van der Waals surface area contributed by atoms with Crippen molar-refractivity contribution in [3.63, 3.8) is 0 Å². The van der Waals surface area contributed by atoms with Gasteiger partial charge in [0.05, 0.1) is 12.0 Å². The molecule has 1 aliphatic heterocycles. The number of nitrogens with zero attached hydrogens (tertiary/aromatic N) is 2. The molecular formula is C28H30N2O. The molecule has 0 saturated carbocycles. The van der Waals surface area contributed by atoms with E-state index >= 15 is 0 Å². The van der Waals surface area contributed by atoms with Crippen LogP contribution >= 0.6 is 0 Å². The monoisotopic (exact) mass is 410 g/mol. The van der Waals surface area contributed by atoms with Crippen molar-refractivity contribution >= 4 is 5.91 Å². The van der Waals surface area contributed by atoms with Crippen molar-refractivity contribution < 1.29 is 4.79 Å². The van der Waals surface area contributed by atoms with Crippen LogP contribution in [0.2, 0.25) is 0 Å². The zero-order chi connectivity index (χ0) is 21.2. The van der Waals surface area contributed by atoms with Crippen molar-refractivity contribution in [3.8, 4) is 0 Å². The number of carbonyl (C=O) groups is 1. The highest BCUT2D eigenvalue weighted by atomic mass is 16.2. The van der Waals surface area contributed by atoms with E-state index in [-0.39, 0.29) is 17.9 Å². The fraction of sp³-hybridized carbons (Fsp3) is 0.321. The van der Waals surface area contributed by atoms with Crippen molar-refractivity contribution in [1.82, 2.24) is 9.80 Å². The van der Waals surface area contributed by atoms with Crippen molar-refractivity contribution in [1.29, 1.82) is 0 Å². The summed E-state index contributed by atoms with van der Waals surface area (Å²) in [6.45, 7) is 2.27. The maximum Gasteiger partial charge on any atom is 0.234 e. The topological polar surface area (TPSA) is 23.6 Å². The number of carbonyl (C=O) groups excluding carboxylic acids is 1. The lowest BCUT2D eigenvalue weighted by Gasteiger charge is -2.37. The molecule has 158 valence electrons. The fourth-order valence-electron chi connectivity index (χ4n) is 5.53. The third kappa shape index (κ3) is 3.79. The Hall–Kier alpha value is -2.91. The van der Waals surface area contributed by atoms with Gasteiger partial charge in [-0.3, -0.25) is 9.69 Å². The van der Waals surface area contributed by atoms with E-state index in [1.807, 2.05) is 48.3 Å². The van der Waals surface area contributed by atoms with Crippen LogP contribution in [0.4, 0.5) is 0 Å². The van der Waals surface area contributed by atoms with Crippen molar-refractivity contribution in [2.45, 2.75) is 37.3 Å². The second-order valence-corrected chi connectivity index (χ2v) is 8.86. The number of fused-ring (bicyclic) bond motifs is 1. The molecule has 1 amide bonds. The quantitative estimate of drug-likeness (QED) is 0.588. The van der Waals surface area contributed by atoms with E-state index in [0.29, 0.717) is 6.04 Å². The highest BCUT2D eigenvalue weighted by Crippen LogP contribution is 2.41. The van der Waals surface area contributed by atoms with Gasteiger partial charge in [0.25, 0.3) is 0 Å². The summed E-state index contributed by atoms with van der Waals surface area (Å²) in [5.74, 6) is -0.123. The Balaban J connectivity index is 1.53. The number of rotatable bonds is 5. The molecule has 0 aromatic heterocycles. The maximum absolute atomic E-state index is 14.1. The second-order valence-electron chi connectivity index (χ2n) is 8.86. The van der Waals surface area contributed by atoms with Gasteiger partial charge in [-0.1, -0.05) is 84.9 Å². The molecule has 1 aliphatic carbocycles. The van der Waals surface area contributed by atoms with Gasteiger partial charge >= 0.3 is 0 Å². The SMILES string of the molecule is CN(C(=O)C(c1ccccc1)c1ccccc1)[C@@H]1c2ccccc2C[C@H]1N1CCCC1. The largest absolute Gasteiger partial charge is 0.336 e. The molecule has 0 radical (unpaired) electrons. The standard InChI is InChI=1S/C28H30N2O/c1-29(27-24-17-9-8-16-23(24)20-25(27)30-18-10-11-19-30)28(31)26(21-12-4-2-5-13-21)22-14-6-3-7-15-22/h2-9,12-17,25-27H,10-11,18-20H2,1H3/t25-,27-/m1/s1. The van der Waals surface area contributed by atoms with Gasteiger partial charge in [0, 0.05) is 13.1 Å². The van der Waals surface area contributed by atoms with E-state index in [9.17, 15) is 4.79 Å². The van der Waals surface area contributed by atoms with E-state index in [4.69, 9.17) is 0 Å². The number of hydrogen-bond donors (Lipinski definition) is 0. The Bertz CT molecular complexity index is 988. The van der Waals surface area contributed by atoms with E-state index in [0.717, 1.165) is 30.6 Å². The summed E-state index contributed by atoms with van der Waals surface area (Å²) in [5, 5.41) is 0. The van der Waals surface area contributed by atoms with Gasteiger partial charge in [0.1, 0.15) is 0 Å². The van der Waals surface area contributed by atoms with Crippen molar-refractivity contribution in [2.24, 2.45) is 0 Å². The number of hydrogen-bond acceptors (Lipinski definition) is 2. The van der Waals surface area contributed by atoms with Crippen LogP contribution in [0.15, 0.2) is 84.9 Å². The first-order valence-corrected chi connectivity index (χ1v) is 11.4. The predicted molar refractivity (Wildman–Crippen MR) is 125 cm³/mol. The van der Waals surface area contributed by atoms with Crippen molar-refractivity contribution in [2.75, 3.05) is 20.1 Å². The van der Waals surface area contributed by atoms with Crippen LogP contribution in [0, 0.1) is 0 Å². The molecule has 0 N–H and O–H groups in total. The molecule has 3 heteroatoms. The molecule has 2 atom stereocenters. The van der Waals surface area contributed by atoms with Gasteiger partial charge < -0.3 is 4.90 Å². The molecule has 1 heterocycles. The zero-order valence-electron chi connectivity index (χ0n) is 18.2. The third-order valence-electron chi connectivity index (χ3n) is 7.05. The Morgan fingerprint density at radius 2 is 1.39 bits per heavy atom. The third-order valence-corrected chi connectivity index (χ3v) is 7.05. The zero-order valence-corrected chi connectivity index (χ0v) is 18.2. The highest BCUT2D eigenvalue weighted by molar-refractivity contribution is 5.87. The molecule has 3 aromatic carbocycles. The summed E-state index contributed by atoms with van der Waals surface area (Å²) in [4.78, 5) is 18.8. The molecule has 31 heavy (non-hydrogen) atoms. The Morgan fingerprint density at radius 3 is 2.00 bits per heavy atom. The van der Waals surface area contributed by atoms with Crippen LogP contribution < -0.4 is 0 Å². The first kappa shape index (κ1) is 20.0. The van der Waals surface area contributed by atoms with Crippen LogP contribution in [0.3, 0.4) is 0 Å². The molecule has 1 fully saturated rings. The Morgan fingerprint density at radius 1 is 0.839 bits per heavy atom. The summed E-state index contributed by atoms with van der Waals surface area (Å²) >= 11 is 0. The molecule has 0 spiro atoms. The van der Waals surface area contributed by atoms with Gasteiger partial charge in [0.15, 0.2) is 0 Å². The van der Waals surface area contributed by atoms with Gasteiger partial charge in [-0.2, -0.15) is 0 Å². The first-order valence-electron chi connectivity index (χ1n) is 11.4. The van der Waals surface area contributed by atoms with Crippen LogP contribution in [0.25, 0.3) is 0 Å². The lowest BCUT2D eigenvalue weighted by atomic mass is 9.89. The van der Waals surface area contributed by atoms with Gasteiger partial charge in [-0.25, -0.2) is 0 Å². The minimum atomic E-state index is -0.292. The van der Waals surface area contributed by atoms with Gasteiger partial charge in [-0.15, -0.1) is 0 Å². The summed E-state index contributed by atoms with van der Waals surface area (Å²) in [6.07, 6.45) is 3.54.